The molecular weight excluding hydrogens is 414 g/mol. The molecule has 0 radical (unpaired) electrons. The number of ether oxygens (including phenoxy) is 1. The second-order valence-electron chi connectivity index (χ2n) is 8.20. The van der Waals surface area contributed by atoms with E-state index in [1.807, 2.05) is 19.1 Å². The monoisotopic (exact) mass is 447 g/mol. The van der Waals surface area contributed by atoms with Crippen molar-refractivity contribution in [3.05, 3.63) is 35.4 Å². The largest absolute Gasteiger partial charge is 0.483 e. The maximum atomic E-state index is 12.9. The minimum Gasteiger partial charge on any atom is -0.483 e. The van der Waals surface area contributed by atoms with Gasteiger partial charge in [0, 0.05) is 18.4 Å². The van der Waals surface area contributed by atoms with Gasteiger partial charge in [-0.25, -0.2) is 0 Å². The highest BCUT2D eigenvalue weighted by Gasteiger charge is 2.37. The number of carbonyl (C=O) groups excluding carboxylic acids is 3. The Labute approximate surface area is 188 Å². The molecule has 9 nitrogen and oxygen atoms in total. The molecule has 0 aliphatic heterocycles. The number of benzene rings is 1. The molecule has 1 saturated carbocycles. The van der Waals surface area contributed by atoms with Crippen molar-refractivity contribution in [2.24, 2.45) is 17.6 Å². The first-order chi connectivity index (χ1) is 15.4. The Morgan fingerprint density at radius 3 is 2.31 bits per heavy atom. The van der Waals surface area contributed by atoms with Crippen LogP contribution in [0.4, 0.5) is 0 Å². The molecule has 3 amide bonds. The molecule has 1 aromatic carbocycles. The van der Waals surface area contributed by atoms with Crippen molar-refractivity contribution in [1.82, 2.24) is 10.6 Å². The number of nitrogens with two attached hydrogens (primary N) is 1. The average molecular weight is 448 g/mol. The number of amides is 3. The van der Waals surface area contributed by atoms with E-state index in [-0.39, 0.29) is 48.8 Å². The Hall–Kier alpha value is -2.94. The molecule has 2 aliphatic carbocycles. The molecule has 3 rings (SSSR count). The van der Waals surface area contributed by atoms with Crippen LogP contribution in [0.2, 0.25) is 0 Å². The van der Waals surface area contributed by atoms with Crippen LogP contribution in [-0.4, -0.2) is 54.6 Å². The Balaban J connectivity index is 0.00000114. The van der Waals surface area contributed by atoms with Gasteiger partial charge in [0.25, 0.3) is 6.47 Å². The molecule has 1 fully saturated rings. The first kappa shape index (κ1) is 25.3. The summed E-state index contributed by atoms with van der Waals surface area (Å²) in [7, 11) is 0. The van der Waals surface area contributed by atoms with Gasteiger partial charge in [0.1, 0.15) is 0 Å². The molecule has 0 saturated heterocycles. The van der Waals surface area contributed by atoms with E-state index in [0.29, 0.717) is 25.9 Å². The van der Waals surface area contributed by atoms with Crippen LogP contribution in [0.5, 0.6) is 0 Å². The molecule has 0 heterocycles. The highest BCUT2D eigenvalue weighted by atomic mass is 16.5. The topological polar surface area (TPSA) is 148 Å². The van der Waals surface area contributed by atoms with E-state index in [4.69, 9.17) is 20.4 Å². The fraction of sp³-hybridized carbons (Fsp3) is 0.565. The zero-order valence-corrected chi connectivity index (χ0v) is 18.4. The summed E-state index contributed by atoms with van der Waals surface area (Å²) in [6, 6.07) is 8.10. The summed E-state index contributed by atoms with van der Waals surface area (Å²) in [6.45, 7) is 2.21. The van der Waals surface area contributed by atoms with Gasteiger partial charge in [0.2, 0.25) is 17.7 Å². The van der Waals surface area contributed by atoms with Crippen molar-refractivity contribution in [1.29, 1.82) is 0 Å². The van der Waals surface area contributed by atoms with Crippen LogP contribution >= 0.6 is 0 Å². The van der Waals surface area contributed by atoms with Crippen molar-refractivity contribution < 1.29 is 29.0 Å². The van der Waals surface area contributed by atoms with Crippen molar-refractivity contribution in [3.8, 4) is 0 Å². The fourth-order valence-electron chi connectivity index (χ4n) is 4.35. The number of fused-ring (bicyclic) bond motifs is 1. The van der Waals surface area contributed by atoms with Gasteiger partial charge in [-0.3, -0.25) is 19.2 Å². The summed E-state index contributed by atoms with van der Waals surface area (Å²) in [5.41, 5.74) is 7.61. The lowest BCUT2D eigenvalue weighted by Gasteiger charge is -2.36. The summed E-state index contributed by atoms with van der Waals surface area (Å²) in [5.74, 6) is -0.954. The lowest BCUT2D eigenvalue weighted by Crippen LogP contribution is -2.51. The van der Waals surface area contributed by atoms with Crippen LogP contribution in [0.15, 0.2) is 24.3 Å². The van der Waals surface area contributed by atoms with E-state index in [1.54, 1.807) is 0 Å². The number of hydrogen-bond donors (Lipinski definition) is 4. The Bertz CT molecular complexity index is 775. The maximum absolute atomic E-state index is 12.9. The first-order valence-corrected chi connectivity index (χ1v) is 11.0. The normalized spacial score (nSPS) is 22.1. The molecule has 0 aromatic heterocycles. The van der Waals surface area contributed by atoms with Gasteiger partial charge in [-0.15, -0.1) is 0 Å². The summed E-state index contributed by atoms with van der Waals surface area (Å²) in [4.78, 5) is 44.5. The SMILES string of the molecule is CCCO[C@H]1C[C@@H](C(=O)NCC(N)=O)CC[C@@H]1NC(=O)C1Cc2ccccc2C1.O=CO. The fourth-order valence-corrected chi connectivity index (χ4v) is 4.35. The molecular formula is C23H33N3O6. The average Bonchev–Trinajstić information content (AvgIpc) is 3.22. The minimum atomic E-state index is -0.560. The van der Waals surface area contributed by atoms with Gasteiger partial charge < -0.3 is 26.2 Å². The summed E-state index contributed by atoms with van der Waals surface area (Å²) >= 11 is 0. The molecule has 0 unspecified atom stereocenters. The molecule has 32 heavy (non-hydrogen) atoms. The Morgan fingerprint density at radius 2 is 1.75 bits per heavy atom. The third-order valence-corrected chi connectivity index (χ3v) is 5.88. The lowest BCUT2D eigenvalue weighted by atomic mass is 9.82. The van der Waals surface area contributed by atoms with Gasteiger partial charge in [-0.05, 0) is 49.7 Å². The summed E-state index contributed by atoms with van der Waals surface area (Å²) in [5, 5.41) is 12.7. The van der Waals surface area contributed by atoms with Crippen LogP contribution in [0.25, 0.3) is 0 Å². The molecule has 3 atom stereocenters. The lowest BCUT2D eigenvalue weighted by molar-refractivity contribution is -0.132. The number of carbonyl (C=O) groups is 4. The molecule has 5 N–H and O–H groups in total. The van der Waals surface area contributed by atoms with Crippen LogP contribution in [0, 0.1) is 11.8 Å². The summed E-state index contributed by atoms with van der Waals surface area (Å²) < 4.78 is 5.99. The molecule has 1 aromatic rings. The number of carboxylic acid groups (broad SMARTS) is 1. The third kappa shape index (κ3) is 7.33. The smallest absolute Gasteiger partial charge is 0.290 e. The predicted octanol–water partition coefficient (Wildman–Crippen LogP) is 0.784. The standard InChI is InChI=1S/C22H31N3O4.CH2O2/c1-2-9-29-19-12-16(21(27)24-13-20(23)26)7-8-18(19)25-22(28)17-10-14-5-3-4-6-15(14)11-17;2-1-3/h3-6,16-19H,2,7-13H2,1H3,(H2,23,26)(H,24,27)(H,25,28);1H,(H,2,3)/t16-,18-,19-;/m0./s1. The quantitative estimate of drug-likeness (QED) is 0.433. The highest BCUT2D eigenvalue weighted by molar-refractivity contribution is 5.85. The second-order valence-corrected chi connectivity index (χ2v) is 8.20. The maximum Gasteiger partial charge on any atom is 0.290 e. The van der Waals surface area contributed by atoms with Gasteiger partial charge in [0.15, 0.2) is 0 Å². The molecule has 176 valence electrons. The van der Waals surface area contributed by atoms with Gasteiger partial charge in [-0.2, -0.15) is 0 Å². The second kappa shape index (κ2) is 12.8. The molecule has 9 heteroatoms. The zero-order valence-electron chi connectivity index (χ0n) is 18.4. The van der Waals surface area contributed by atoms with Crippen molar-refractivity contribution in [2.45, 2.75) is 57.6 Å². The van der Waals surface area contributed by atoms with Crippen LogP contribution in [0.3, 0.4) is 0 Å². The third-order valence-electron chi connectivity index (χ3n) is 5.88. The van der Waals surface area contributed by atoms with Gasteiger partial charge in [-0.1, -0.05) is 31.2 Å². The zero-order chi connectivity index (χ0) is 23.5. The predicted molar refractivity (Wildman–Crippen MR) is 118 cm³/mol. The van der Waals surface area contributed by atoms with E-state index >= 15 is 0 Å². The minimum absolute atomic E-state index is 0.0455. The number of hydrogen-bond acceptors (Lipinski definition) is 5. The van der Waals surface area contributed by atoms with Crippen molar-refractivity contribution in [3.63, 3.8) is 0 Å². The van der Waals surface area contributed by atoms with E-state index < -0.39 is 5.91 Å². The number of nitrogens with one attached hydrogen (secondary N) is 2. The molecule has 0 spiro atoms. The molecule has 2 aliphatic rings. The van der Waals surface area contributed by atoms with E-state index in [0.717, 1.165) is 19.3 Å². The van der Waals surface area contributed by atoms with Crippen LogP contribution in [0.1, 0.15) is 43.7 Å². The van der Waals surface area contributed by atoms with E-state index in [9.17, 15) is 14.4 Å². The number of rotatable bonds is 8. The molecule has 0 bridgehead atoms. The van der Waals surface area contributed by atoms with E-state index in [2.05, 4.69) is 22.8 Å². The Kier molecular flexibility index (Phi) is 10.1. The number of primary amides is 1. The first-order valence-electron chi connectivity index (χ1n) is 11.0. The Morgan fingerprint density at radius 1 is 1.12 bits per heavy atom. The van der Waals surface area contributed by atoms with Crippen LogP contribution in [-0.2, 0) is 36.8 Å². The van der Waals surface area contributed by atoms with Crippen LogP contribution < -0.4 is 16.4 Å². The van der Waals surface area contributed by atoms with Gasteiger partial charge >= 0.3 is 0 Å². The highest BCUT2D eigenvalue weighted by Crippen LogP contribution is 2.30. The summed E-state index contributed by atoms with van der Waals surface area (Å²) in [6.07, 6.45) is 4.05. The van der Waals surface area contributed by atoms with Crippen molar-refractivity contribution in [2.75, 3.05) is 13.2 Å². The van der Waals surface area contributed by atoms with Gasteiger partial charge in [0.05, 0.1) is 18.7 Å². The van der Waals surface area contributed by atoms with Crippen molar-refractivity contribution >= 4 is 24.2 Å². The van der Waals surface area contributed by atoms with E-state index in [1.165, 1.54) is 11.1 Å².